The van der Waals surface area contributed by atoms with Crippen LogP contribution in [0.4, 0.5) is 17.5 Å². The van der Waals surface area contributed by atoms with Crippen molar-refractivity contribution in [2.24, 2.45) is 0 Å². The van der Waals surface area contributed by atoms with Gasteiger partial charge >= 0.3 is 0 Å². The fourth-order valence-corrected chi connectivity index (χ4v) is 8.19. The topological polar surface area (TPSA) is 181 Å². The molecule has 4 aliphatic rings. The van der Waals surface area contributed by atoms with Gasteiger partial charge in [0.1, 0.15) is 17.6 Å². The monoisotopic (exact) mass is 787 g/mol. The first-order valence-electron chi connectivity index (χ1n) is 20.1. The molecule has 8 heterocycles. The van der Waals surface area contributed by atoms with Crippen molar-refractivity contribution in [2.75, 3.05) is 56.2 Å². The number of nitrogens with zero attached hydrogens (tertiary/aromatic N) is 9. The Balaban J connectivity index is 0.719. The fraction of sp³-hybridized carbons (Fsp3) is 0.415. The molecule has 1 aromatic carbocycles. The van der Waals surface area contributed by atoms with Crippen molar-refractivity contribution < 1.29 is 28.7 Å². The quantitative estimate of drug-likeness (QED) is 0.128. The van der Waals surface area contributed by atoms with E-state index in [1.54, 1.807) is 30.6 Å². The zero-order valence-electron chi connectivity index (χ0n) is 32.1. The van der Waals surface area contributed by atoms with Crippen LogP contribution in [0, 0.1) is 0 Å². The van der Waals surface area contributed by atoms with Crippen LogP contribution >= 0.6 is 0 Å². The minimum Gasteiger partial charge on any atom is -0.493 e. The van der Waals surface area contributed by atoms with Gasteiger partial charge in [-0.1, -0.05) is 6.07 Å². The van der Waals surface area contributed by atoms with Crippen molar-refractivity contribution in [1.29, 1.82) is 0 Å². The van der Waals surface area contributed by atoms with E-state index in [0.717, 1.165) is 111 Å². The van der Waals surface area contributed by atoms with Gasteiger partial charge < -0.3 is 19.7 Å². The molecule has 0 aliphatic carbocycles. The molecule has 17 heteroatoms. The third-order valence-corrected chi connectivity index (χ3v) is 11.3. The van der Waals surface area contributed by atoms with Crippen molar-refractivity contribution in [1.82, 2.24) is 44.5 Å². The molecule has 0 radical (unpaired) electrons. The highest BCUT2D eigenvalue weighted by molar-refractivity contribution is 6.24. The van der Waals surface area contributed by atoms with Crippen LogP contribution in [0.5, 0.6) is 5.75 Å². The Morgan fingerprint density at radius 2 is 1.76 bits per heavy atom. The minimum absolute atomic E-state index is 0.0742. The van der Waals surface area contributed by atoms with Crippen LogP contribution in [0.15, 0.2) is 67.1 Å². The highest BCUT2D eigenvalue weighted by Crippen LogP contribution is 2.34. The van der Waals surface area contributed by atoms with Gasteiger partial charge in [-0.15, -0.1) is 5.10 Å². The van der Waals surface area contributed by atoms with Crippen LogP contribution in [-0.4, -0.2) is 115 Å². The highest BCUT2D eigenvalue weighted by atomic mass is 16.5. The summed E-state index contributed by atoms with van der Waals surface area (Å²) in [6.45, 7) is 5.75. The number of unbranched alkanes of at least 4 members (excludes halogenated alkanes) is 2. The SMILES string of the molecule is O=C1CCC(N2C(=O)c3cccc(OCCCCCN4CCN(c5ccc(Nc6ncc7ccc(-c8ccnn8C8CCCCO8)n7n6)cn5)CC4)c3C2=O)C(=O)N1. The molecule has 0 spiro atoms. The van der Waals surface area contributed by atoms with Crippen molar-refractivity contribution >= 4 is 46.6 Å². The van der Waals surface area contributed by atoms with Crippen molar-refractivity contribution in [3.8, 4) is 17.1 Å². The summed E-state index contributed by atoms with van der Waals surface area (Å²) in [7, 11) is 0. The van der Waals surface area contributed by atoms with Gasteiger partial charge in [0.15, 0.2) is 6.23 Å². The number of hydrogen-bond acceptors (Lipinski definition) is 13. The van der Waals surface area contributed by atoms with Gasteiger partial charge in [0.25, 0.3) is 11.8 Å². The van der Waals surface area contributed by atoms with Crippen LogP contribution in [0.3, 0.4) is 0 Å². The Morgan fingerprint density at radius 1 is 0.862 bits per heavy atom. The summed E-state index contributed by atoms with van der Waals surface area (Å²) in [5, 5.41) is 14.9. The number of piperazine rings is 1. The van der Waals surface area contributed by atoms with Crippen LogP contribution in [0.1, 0.15) is 78.3 Å². The van der Waals surface area contributed by atoms with Crippen molar-refractivity contribution in [3.05, 3.63) is 78.2 Å². The molecule has 3 fully saturated rings. The summed E-state index contributed by atoms with van der Waals surface area (Å²) in [5.41, 5.74) is 3.94. The third kappa shape index (κ3) is 7.49. The van der Waals surface area contributed by atoms with E-state index in [1.165, 1.54) is 0 Å². The molecule has 9 rings (SSSR count). The molecule has 3 saturated heterocycles. The van der Waals surface area contributed by atoms with E-state index >= 15 is 0 Å². The first-order valence-corrected chi connectivity index (χ1v) is 20.1. The van der Waals surface area contributed by atoms with E-state index in [9.17, 15) is 19.2 Å². The lowest BCUT2D eigenvalue weighted by molar-refractivity contribution is -0.136. The number of piperidine rings is 1. The second-order valence-electron chi connectivity index (χ2n) is 15.0. The maximum atomic E-state index is 13.3. The lowest BCUT2D eigenvalue weighted by Crippen LogP contribution is -2.54. The molecule has 4 amide bonds. The van der Waals surface area contributed by atoms with E-state index in [-0.39, 0.29) is 30.2 Å². The number of amides is 4. The van der Waals surface area contributed by atoms with Gasteiger partial charge in [-0.25, -0.2) is 19.2 Å². The smallest absolute Gasteiger partial charge is 0.266 e. The molecule has 2 N–H and O–H groups in total. The molecule has 5 aromatic rings. The minimum atomic E-state index is -1.01. The maximum Gasteiger partial charge on any atom is 0.266 e. The summed E-state index contributed by atoms with van der Waals surface area (Å²) in [4.78, 5) is 65.4. The van der Waals surface area contributed by atoms with Crippen LogP contribution < -0.4 is 20.3 Å². The molecule has 58 heavy (non-hydrogen) atoms. The lowest BCUT2D eigenvalue weighted by atomic mass is 10.0. The molecule has 17 nitrogen and oxygen atoms in total. The molecule has 4 aliphatic heterocycles. The van der Waals surface area contributed by atoms with E-state index < -0.39 is 29.7 Å². The van der Waals surface area contributed by atoms with E-state index in [4.69, 9.17) is 19.6 Å². The molecule has 2 atom stereocenters. The second-order valence-corrected chi connectivity index (χ2v) is 15.0. The van der Waals surface area contributed by atoms with Crippen LogP contribution in [0.25, 0.3) is 16.9 Å². The van der Waals surface area contributed by atoms with E-state index in [1.807, 2.05) is 45.7 Å². The fourth-order valence-electron chi connectivity index (χ4n) is 8.19. The maximum absolute atomic E-state index is 13.3. The van der Waals surface area contributed by atoms with Crippen LogP contribution in [-0.2, 0) is 14.3 Å². The summed E-state index contributed by atoms with van der Waals surface area (Å²) in [6, 6.07) is 14.0. The second kappa shape index (κ2) is 16.3. The first kappa shape index (κ1) is 37.4. The van der Waals surface area contributed by atoms with Crippen molar-refractivity contribution in [3.63, 3.8) is 0 Å². The molecule has 4 aromatic heterocycles. The number of ether oxygens (including phenoxy) is 2. The number of rotatable bonds is 13. The van der Waals surface area contributed by atoms with Gasteiger partial charge in [0.2, 0.25) is 17.8 Å². The standard InChI is InChI=1S/C41H45N11O6/c53-35-15-13-32(38(54)46-35)50-39(55)29-7-6-8-33(37(29)40(50)56)57-23-4-1-3-18-48-19-21-49(22-20-48)34-14-10-27(25-42-34)45-41-43-26-28-11-12-30(51(28)47-41)31-16-17-44-52(31)36-9-2-5-24-58-36/h6-8,10-12,14,16-17,25-26,32,36H,1-5,9,13,15,18-24H2,(H,45,47)(H,46,53,54). The zero-order chi connectivity index (χ0) is 39.6. The van der Waals surface area contributed by atoms with E-state index in [0.29, 0.717) is 18.3 Å². The number of hydrogen-bond donors (Lipinski definition) is 2. The summed E-state index contributed by atoms with van der Waals surface area (Å²) >= 11 is 0. The number of carbonyl (C=O) groups excluding carboxylic acids is 4. The first-order chi connectivity index (χ1) is 28.4. The third-order valence-electron chi connectivity index (χ3n) is 11.3. The molecular weight excluding hydrogens is 743 g/mol. The Kier molecular flexibility index (Phi) is 10.5. The highest BCUT2D eigenvalue weighted by Gasteiger charge is 2.46. The predicted molar refractivity (Wildman–Crippen MR) is 212 cm³/mol. The zero-order valence-corrected chi connectivity index (χ0v) is 32.1. The van der Waals surface area contributed by atoms with Crippen LogP contribution in [0.2, 0.25) is 0 Å². The largest absolute Gasteiger partial charge is 0.493 e. The number of fused-ring (bicyclic) bond motifs is 2. The Bertz CT molecular complexity index is 2330. The van der Waals surface area contributed by atoms with Crippen molar-refractivity contribution in [2.45, 2.75) is 63.6 Å². The van der Waals surface area contributed by atoms with Gasteiger partial charge in [-0.2, -0.15) is 5.10 Å². The van der Waals surface area contributed by atoms with Gasteiger partial charge in [-0.3, -0.25) is 34.3 Å². The van der Waals surface area contributed by atoms with Gasteiger partial charge in [-0.05, 0) is 94.0 Å². The predicted octanol–water partition coefficient (Wildman–Crippen LogP) is 4.20. The average molecular weight is 788 g/mol. The molecular formula is C41H45N11O6. The average Bonchev–Trinajstić information content (AvgIpc) is 3.96. The molecule has 300 valence electrons. The summed E-state index contributed by atoms with van der Waals surface area (Å²) in [5.74, 6) is -0.406. The number of nitrogens with one attached hydrogen (secondary N) is 2. The number of aromatic nitrogens is 6. The number of carbonyl (C=O) groups is 4. The Morgan fingerprint density at radius 3 is 2.57 bits per heavy atom. The Hall–Kier alpha value is -6.20. The number of anilines is 3. The van der Waals surface area contributed by atoms with Gasteiger partial charge in [0, 0.05) is 45.4 Å². The van der Waals surface area contributed by atoms with E-state index in [2.05, 4.69) is 30.5 Å². The lowest BCUT2D eigenvalue weighted by Gasteiger charge is -2.35. The Labute approximate surface area is 334 Å². The number of pyridine rings is 1. The van der Waals surface area contributed by atoms with Gasteiger partial charge in [0.05, 0.1) is 52.7 Å². The summed E-state index contributed by atoms with van der Waals surface area (Å²) < 4.78 is 15.8. The molecule has 0 saturated carbocycles. The molecule has 0 bridgehead atoms. The molecule has 2 unspecified atom stereocenters. The normalized spacial score (nSPS) is 20.1. The summed E-state index contributed by atoms with van der Waals surface area (Å²) in [6.07, 6.45) is 11.4. The number of benzene rings is 1. The number of imide groups is 2.